The maximum atomic E-state index is 12.0. The van der Waals surface area contributed by atoms with Crippen LogP contribution in [0.2, 0.25) is 0 Å². The first-order valence-corrected chi connectivity index (χ1v) is 7.40. The average Bonchev–Trinajstić information content (AvgIpc) is 2.93. The van der Waals surface area contributed by atoms with Gasteiger partial charge >= 0.3 is 5.97 Å². The largest absolute Gasteiger partial charge is 0.451 e. The number of ether oxygens (including phenoxy) is 1. The van der Waals surface area contributed by atoms with E-state index in [-0.39, 0.29) is 18.2 Å². The van der Waals surface area contributed by atoms with E-state index >= 15 is 0 Å². The molecular weight excluding hydrogens is 296 g/mol. The molecule has 0 saturated heterocycles. The van der Waals surface area contributed by atoms with Crippen LogP contribution in [0.5, 0.6) is 0 Å². The van der Waals surface area contributed by atoms with Crippen LogP contribution in [0.25, 0.3) is 5.69 Å². The summed E-state index contributed by atoms with van der Waals surface area (Å²) in [7, 11) is 0. The van der Waals surface area contributed by atoms with Gasteiger partial charge in [0.25, 0.3) is 5.91 Å². The van der Waals surface area contributed by atoms with Crippen LogP contribution in [0.3, 0.4) is 0 Å². The number of para-hydroxylation sites is 1. The first-order chi connectivity index (χ1) is 11.0. The monoisotopic (exact) mass is 316 g/mol. The molecule has 1 amide bonds. The minimum atomic E-state index is -0.663. The molecule has 0 radical (unpaired) electrons. The van der Waals surface area contributed by atoms with E-state index in [4.69, 9.17) is 4.74 Å². The van der Waals surface area contributed by atoms with Gasteiger partial charge < -0.3 is 10.1 Å². The van der Waals surface area contributed by atoms with E-state index in [9.17, 15) is 9.59 Å². The number of hydrogen-bond acceptors (Lipinski definition) is 5. The van der Waals surface area contributed by atoms with Gasteiger partial charge in [-0.1, -0.05) is 32.0 Å². The Morgan fingerprint density at radius 3 is 2.57 bits per heavy atom. The first kappa shape index (κ1) is 16.7. The maximum absolute atomic E-state index is 12.0. The van der Waals surface area contributed by atoms with E-state index in [2.05, 4.69) is 15.5 Å². The number of nitrogens with one attached hydrogen (secondary N) is 1. The molecule has 23 heavy (non-hydrogen) atoms. The molecule has 1 aromatic carbocycles. The smallest absolute Gasteiger partial charge is 0.361 e. The number of hydrogen-bond donors (Lipinski definition) is 1. The molecule has 2 rings (SSSR count). The van der Waals surface area contributed by atoms with Crippen LogP contribution in [0.4, 0.5) is 0 Å². The van der Waals surface area contributed by atoms with Gasteiger partial charge in [0.15, 0.2) is 12.3 Å². The predicted octanol–water partition coefficient (Wildman–Crippen LogP) is 1.50. The Kier molecular flexibility index (Phi) is 5.46. The highest BCUT2D eigenvalue weighted by Gasteiger charge is 2.19. The summed E-state index contributed by atoms with van der Waals surface area (Å²) in [5, 5.41) is 11.0. The lowest BCUT2D eigenvalue weighted by Crippen LogP contribution is -2.31. The van der Waals surface area contributed by atoms with Crippen molar-refractivity contribution >= 4 is 11.9 Å². The molecule has 1 aromatic heterocycles. The van der Waals surface area contributed by atoms with Gasteiger partial charge in [0.05, 0.1) is 11.4 Å². The fraction of sp³-hybridized carbons (Fsp3) is 0.375. The van der Waals surface area contributed by atoms with Crippen LogP contribution in [0.1, 0.15) is 30.0 Å². The lowest BCUT2D eigenvalue weighted by molar-refractivity contribution is -0.124. The SMILES string of the molecule is Cc1nn(-c2ccccc2)nc1C(=O)OCC(=O)NCC(C)C. The zero-order valence-corrected chi connectivity index (χ0v) is 13.4. The molecule has 2 aromatic rings. The normalized spacial score (nSPS) is 10.6. The molecule has 7 heteroatoms. The summed E-state index contributed by atoms with van der Waals surface area (Å²) in [6.45, 7) is 5.85. The maximum Gasteiger partial charge on any atom is 0.361 e. The van der Waals surface area contributed by atoms with Crippen LogP contribution < -0.4 is 5.32 Å². The molecular formula is C16H20N4O3. The molecule has 0 unspecified atom stereocenters. The van der Waals surface area contributed by atoms with Crippen LogP contribution in [-0.2, 0) is 9.53 Å². The summed E-state index contributed by atoms with van der Waals surface area (Å²) < 4.78 is 4.99. The molecule has 0 spiro atoms. The van der Waals surface area contributed by atoms with Gasteiger partial charge in [0, 0.05) is 6.54 Å². The number of esters is 1. The quantitative estimate of drug-likeness (QED) is 0.816. The van der Waals surface area contributed by atoms with E-state index in [1.807, 2.05) is 44.2 Å². The highest BCUT2D eigenvalue weighted by molar-refractivity contribution is 5.90. The van der Waals surface area contributed by atoms with E-state index < -0.39 is 5.97 Å². The molecule has 0 fully saturated rings. The van der Waals surface area contributed by atoms with Gasteiger partial charge in [-0.2, -0.15) is 9.90 Å². The van der Waals surface area contributed by atoms with Crippen molar-refractivity contribution in [3.05, 3.63) is 41.7 Å². The number of aromatic nitrogens is 3. The Hall–Kier alpha value is -2.70. The fourth-order valence-corrected chi connectivity index (χ4v) is 1.81. The third-order valence-electron chi connectivity index (χ3n) is 3.00. The molecule has 0 saturated carbocycles. The molecule has 0 atom stereocenters. The van der Waals surface area contributed by atoms with Gasteiger partial charge in [-0.25, -0.2) is 4.79 Å². The minimum absolute atomic E-state index is 0.102. The van der Waals surface area contributed by atoms with Gasteiger partial charge in [-0.3, -0.25) is 4.79 Å². The van der Waals surface area contributed by atoms with Crippen molar-refractivity contribution in [1.82, 2.24) is 20.3 Å². The van der Waals surface area contributed by atoms with Crippen molar-refractivity contribution in [3.8, 4) is 5.69 Å². The zero-order valence-electron chi connectivity index (χ0n) is 13.4. The zero-order chi connectivity index (χ0) is 16.8. The van der Waals surface area contributed by atoms with Crippen LogP contribution in [0, 0.1) is 12.8 Å². The third kappa shape index (κ3) is 4.64. The van der Waals surface area contributed by atoms with Crippen molar-refractivity contribution in [2.45, 2.75) is 20.8 Å². The number of carbonyl (C=O) groups is 2. The molecule has 0 bridgehead atoms. The summed E-state index contributed by atoms with van der Waals surface area (Å²) in [6, 6.07) is 9.24. The molecule has 1 heterocycles. The van der Waals surface area contributed by atoms with Crippen molar-refractivity contribution in [1.29, 1.82) is 0 Å². The van der Waals surface area contributed by atoms with E-state index in [0.717, 1.165) is 5.69 Å². The lowest BCUT2D eigenvalue weighted by atomic mass is 10.2. The summed E-state index contributed by atoms with van der Waals surface area (Å²) in [6.07, 6.45) is 0. The molecule has 0 aliphatic rings. The summed E-state index contributed by atoms with van der Waals surface area (Å²) >= 11 is 0. The molecule has 0 aliphatic carbocycles. The van der Waals surface area contributed by atoms with E-state index in [1.165, 1.54) is 4.80 Å². The second kappa shape index (κ2) is 7.53. The van der Waals surface area contributed by atoms with Crippen molar-refractivity contribution in [3.63, 3.8) is 0 Å². The predicted molar refractivity (Wildman–Crippen MR) is 84.2 cm³/mol. The number of nitrogens with zero attached hydrogens (tertiary/aromatic N) is 3. The fourth-order valence-electron chi connectivity index (χ4n) is 1.81. The van der Waals surface area contributed by atoms with E-state index in [0.29, 0.717) is 18.2 Å². The number of rotatable bonds is 6. The number of amides is 1. The third-order valence-corrected chi connectivity index (χ3v) is 3.00. The highest BCUT2D eigenvalue weighted by atomic mass is 16.5. The molecule has 0 aliphatic heterocycles. The van der Waals surface area contributed by atoms with E-state index in [1.54, 1.807) is 6.92 Å². The van der Waals surface area contributed by atoms with Gasteiger partial charge in [0.1, 0.15) is 0 Å². The standard InChI is InChI=1S/C16H20N4O3/c1-11(2)9-17-14(21)10-23-16(22)15-12(3)18-20(19-15)13-7-5-4-6-8-13/h4-8,11H,9-10H2,1-3H3,(H,17,21). The summed E-state index contributed by atoms with van der Waals surface area (Å²) in [4.78, 5) is 25.0. The second-order valence-corrected chi connectivity index (χ2v) is 5.53. The van der Waals surface area contributed by atoms with Gasteiger partial charge in [-0.15, -0.1) is 5.10 Å². The average molecular weight is 316 g/mol. The van der Waals surface area contributed by atoms with Gasteiger partial charge in [-0.05, 0) is 25.0 Å². The summed E-state index contributed by atoms with van der Waals surface area (Å²) in [5.41, 5.74) is 1.29. The Balaban J connectivity index is 1.98. The van der Waals surface area contributed by atoms with Crippen LogP contribution in [0.15, 0.2) is 30.3 Å². The topological polar surface area (TPSA) is 86.1 Å². The Labute approximate surface area is 134 Å². The molecule has 7 nitrogen and oxygen atoms in total. The van der Waals surface area contributed by atoms with Crippen molar-refractivity contribution < 1.29 is 14.3 Å². The molecule has 1 N–H and O–H groups in total. The van der Waals surface area contributed by atoms with Crippen LogP contribution in [-0.4, -0.2) is 40.0 Å². The van der Waals surface area contributed by atoms with Crippen LogP contribution >= 0.6 is 0 Å². The Bertz CT molecular complexity index is 680. The molecule has 122 valence electrons. The first-order valence-electron chi connectivity index (χ1n) is 7.40. The lowest BCUT2D eigenvalue weighted by Gasteiger charge is -2.07. The number of carbonyl (C=O) groups excluding carboxylic acids is 2. The number of benzene rings is 1. The minimum Gasteiger partial charge on any atom is -0.451 e. The van der Waals surface area contributed by atoms with Gasteiger partial charge in [0.2, 0.25) is 0 Å². The summed E-state index contributed by atoms with van der Waals surface area (Å²) in [5.74, 6) is -0.660. The van der Waals surface area contributed by atoms with Crippen molar-refractivity contribution in [2.24, 2.45) is 5.92 Å². The van der Waals surface area contributed by atoms with Crippen molar-refractivity contribution in [2.75, 3.05) is 13.2 Å². The second-order valence-electron chi connectivity index (χ2n) is 5.53. The highest BCUT2D eigenvalue weighted by Crippen LogP contribution is 2.09. The Morgan fingerprint density at radius 2 is 1.91 bits per heavy atom. The number of aryl methyl sites for hydroxylation is 1. The Morgan fingerprint density at radius 1 is 1.22 bits per heavy atom.